The number of benzene rings is 2. The highest BCUT2D eigenvalue weighted by Crippen LogP contribution is 2.19. The lowest BCUT2D eigenvalue weighted by molar-refractivity contribution is -0.131. The highest BCUT2D eigenvalue weighted by Gasteiger charge is 2.24. The minimum Gasteiger partial charge on any atom is -0.494 e. The smallest absolute Gasteiger partial charge is 0.317 e. The van der Waals surface area contributed by atoms with E-state index in [9.17, 15) is 9.59 Å². The lowest BCUT2D eigenvalue weighted by Crippen LogP contribution is -2.53. The average molecular weight is 435 g/mol. The van der Waals surface area contributed by atoms with Gasteiger partial charge in [0.15, 0.2) is 0 Å². The monoisotopic (exact) mass is 434 g/mol. The summed E-state index contributed by atoms with van der Waals surface area (Å²) in [4.78, 5) is 32.2. The summed E-state index contributed by atoms with van der Waals surface area (Å²) in [5.41, 5.74) is 3.05. The molecule has 0 spiro atoms. The van der Waals surface area contributed by atoms with Gasteiger partial charge in [0, 0.05) is 49.8 Å². The number of hydrogen-bond acceptors (Lipinski definition) is 3. The Bertz CT molecular complexity index is 1070. The minimum absolute atomic E-state index is 0.0960. The van der Waals surface area contributed by atoms with Crippen molar-refractivity contribution in [2.45, 2.75) is 26.3 Å². The van der Waals surface area contributed by atoms with Crippen LogP contribution >= 0.6 is 0 Å². The fourth-order valence-corrected chi connectivity index (χ4v) is 3.97. The van der Waals surface area contributed by atoms with Crippen LogP contribution in [0.1, 0.15) is 24.5 Å². The zero-order chi connectivity index (χ0) is 22.3. The Balaban J connectivity index is 1.24. The molecular weight excluding hydrogens is 404 g/mol. The molecule has 0 saturated carbocycles. The first-order chi connectivity index (χ1) is 15.6. The van der Waals surface area contributed by atoms with Crippen LogP contribution in [-0.4, -0.2) is 59.5 Å². The van der Waals surface area contributed by atoms with E-state index in [2.05, 4.69) is 17.2 Å². The molecule has 7 heteroatoms. The summed E-state index contributed by atoms with van der Waals surface area (Å²) in [5, 5.41) is 4.06. The van der Waals surface area contributed by atoms with Gasteiger partial charge in [-0.15, -0.1) is 0 Å². The van der Waals surface area contributed by atoms with Crippen LogP contribution in [-0.2, 0) is 17.8 Å². The number of hydrogen-bond donors (Lipinski definition) is 2. The van der Waals surface area contributed by atoms with E-state index in [0.29, 0.717) is 45.8 Å². The number of piperazine rings is 1. The molecule has 2 N–H and O–H groups in total. The van der Waals surface area contributed by atoms with E-state index in [1.165, 1.54) is 0 Å². The SMILES string of the molecule is CCCOc1cccc(CNC(=O)N2CCN(C(=O)Cc3c[nH]c4ccccc34)CC2)c1. The quantitative estimate of drug-likeness (QED) is 0.597. The summed E-state index contributed by atoms with van der Waals surface area (Å²) in [6.07, 6.45) is 3.23. The van der Waals surface area contributed by atoms with E-state index in [1.54, 1.807) is 4.90 Å². The van der Waals surface area contributed by atoms with Crippen LogP contribution in [0, 0.1) is 0 Å². The van der Waals surface area contributed by atoms with E-state index < -0.39 is 0 Å². The Morgan fingerprint density at radius 2 is 1.81 bits per heavy atom. The van der Waals surface area contributed by atoms with Gasteiger partial charge in [-0.05, 0) is 35.7 Å². The molecule has 0 bridgehead atoms. The van der Waals surface area contributed by atoms with Gasteiger partial charge in [0.05, 0.1) is 13.0 Å². The number of carbonyl (C=O) groups is 2. The van der Waals surface area contributed by atoms with Crippen molar-refractivity contribution >= 4 is 22.8 Å². The molecule has 4 rings (SSSR count). The van der Waals surface area contributed by atoms with E-state index in [0.717, 1.165) is 34.2 Å². The second-order valence-corrected chi connectivity index (χ2v) is 8.06. The summed E-state index contributed by atoms with van der Waals surface area (Å²) in [6, 6.07) is 15.7. The van der Waals surface area contributed by atoms with Gasteiger partial charge in [0.2, 0.25) is 5.91 Å². The molecule has 1 saturated heterocycles. The van der Waals surface area contributed by atoms with Crippen molar-refractivity contribution in [2.75, 3.05) is 32.8 Å². The number of carbonyl (C=O) groups excluding carboxylic acids is 2. The van der Waals surface area contributed by atoms with Crippen molar-refractivity contribution in [3.63, 3.8) is 0 Å². The lowest BCUT2D eigenvalue weighted by atomic mass is 10.1. The van der Waals surface area contributed by atoms with Gasteiger partial charge in [0.1, 0.15) is 5.75 Å². The maximum absolute atomic E-state index is 12.8. The van der Waals surface area contributed by atoms with Gasteiger partial charge in [-0.3, -0.25) is 4.79 Å². The number of fused-ring (bicyclic) bond motifs is 1. The second-order valence-electron chi connectivity index (χ2n) is 8.06. The van der Waals surface area contributed by atoms with Crippen LogP contribution in [0.2, 0.25) is 0 Å². The number of amides is 3. The van der Waals surface area contributed by atoms with Gasteiger partial charge in [-0.1, -0.05) is 37.3 Å². The zero-order valence-electron chi connectivity index (χ0n) is 18.5. The third-order valence-corrected chi connectivity index (χ3v) is 5.75. The standard InChI is InChI=1S/C25H30N4O3/c1-2-14-32-21-7-5-6-19(15-21)17-27-25(31)29-12-10-28(11-13-29)24(30)16-20-18-26-23-9-4-3-8-22(20)23/h3-9,15,18,26H,2,10-14,16-17H2,1H3,(H,27,31). The number of nitrogens with one attached hydrogen (secondary N) is 2. The number of aromatic nitrogens is 1. The van der Waals surface area contributed by atoms with E-state index in [4.69, 9.17) is 4.74 Å². The van der Waals surface area contributed by atoms with Crippen LogP contribution in [0.5, 0.6) is 5.75 Å². The minimum atomic E-state index is -0.103. The Hall–Kier alpha value is -3.48. The second kappa shape index (κ2) is 10.2. The molecule has 0 radical (unpaired) electrons. The number of nitrogens with zero attached hydrogens (tertiary/aromatic N) is 2. The molecule has 1 aliphatic heterocycles. The summed E-state index contributed by atoms with van der Waals surface area (Å²) < 4.78 is 5.65. The van der Waals surface area contributed by atoms with Crippen molar-refractivity contribution in [2.24, 2.45) is 0 Å². The van der Waals surface area contributed by atoms with Crippen molar-refractivity contribution in [3.05, 3.63) is 65.9 Å². The summed E-state index contributed by atoms with van der Waals surface area (Å²) in [5.74, 6) is 0.916. The summed E-state index contributed by atoms with van der Waals surface area (Å²) >= 11 is 0. The largest absolute Gasteiger partial charge is 0.494 e. The third-order valence-electron chi connectivity index (χ3n) is 5.75. The number of para-hydroxylation sites is 1. The number of H-pyrrole nitrogens is 1. The molecular formula is C25H30N4O3. The van der Waals surface area contributed by atoms with Crippen LogP contribution in [0.4, 0.5) is 4.79 Å². The van der Waals surface area contributed by atoms with Crippen LogP contribution in [0.3, 0.4) is 0 Å². The molecule has 1 aromatic heterocycles. The number of rotatable bonds is 7. The average Bonchev–Trinajstić information content (AvgIpc) is 3.24. The van der Waals surface area contributed by atoms with Gasteiger partial charge >= 0.3 is 6.03 Å². The fourth-order valence-electron chi connectivity index (χ4n) is 3.97. The number of urea groups is 1. The Labute approximate surface area is 188 Å². The summed E-state index contributed by atoms with van der Waals surface area (Å²) in [6.45, 7) is 5.36. The predicted molar refractivity (Wildman–Crippen MR) is 125 cm³/mol. The normalized spacial score (nSPS) is 13.9. The molecule has 1 fully saturated rings. The molecule has 0 unspecified atom stereocenters. The number of ether oxygens (including phenoxy) is 1. The van der Waals surface area contributed by atoms with E-state index in [1.807, 2.05) is 59.6 Å². The maximum atomic E-state index is 12.8. The molecule has 1 aliphatic rings. The Kier molecular flexibility index (Phi) is 6.94. The first-order valence-electron chi connectivity index (χ1n) is 11.2. The van der Waals surface area contributed by atoms with E-state index >= 15 is 0 Å². The molecule has 3 aromatic rings. The molecule has 32 heavy (non-hydrogen) atoms. The molecule has 2 aromatic carbocycles. The third kappa shape index (κ3) is 5.22. The zero-order valence-corrected chi connectivity index (χ0v) is 18.5. The Morgan fingerprint density at radius 3 is 2.62 bits per heavy atom. The molecule has 0 aliphatic carbocycles. The maximum Gasteiger partial charge on any atom is 0.317 e. The topological polar surface area (TPSA) is 77.7 Å². The van der Waals surface area contributed by atoms with Crippen molar-refractivity contribution in [1.82, 2.24) is 20.1 Å². The van der Waals surface area contributed by atoms with Gasteiger partial charge in [0.25, 0.3) is 0 Å². The molecule has 2 heterocycles. The van der Waals surface area contributed by atoms with Gasteiger partial charge < -0.3 is 24.8 Å². The number of aromatic amines is 1. The van der Waals surface area contributed by atoms with Crippen LogP contribution in [0.25, 0.3) is 10.9 Å². The first-order valence-corrected chi connectivity index (χ1v) is 11.2. The Morgan fingerprint density at radius 1 is 1.03 bits per heavy atom. The summed E-state index contributed by atoms with van der Waals surface area (Å²) in [7, 11) is 0. The lowest BCUT2D eigenvalue weighted by Gasteiger charge is -2.34. The van der Waals surface area contributed by atoms with Gasteiger partial charge in [-0.2, -0.15) is 0 Å². The molecule has 7 nitrogen and oxygen atoms in total. The van der Waals surface area contributed by atoms with Gasteiger partial charge in [-0.25, -0.2) is 4.79 Å². The molecule has 0 atom stereocenters. The van der Waals surface area contributed by atoms with Crippen LogP contribution < -0.4 is 10.1 Å². The van der Waals surface area contributed by atoms with Crippen LogP contribution in [0.15, 0.2) is 54.7 Å². The fraction of sp³-hybridized carbons (Fsp3) is 0.360. The highest BCUT2D eigenvalue weighted by molar-refractivity contribution is 5.89. The molecule has 168 valence electrons. The molecule has 3 amide bonds. The first kappa shape index (κ1) is 21.7. The van der Waals surface area contributed by atoms with Crippen molar-refractivity contribution < 1.29 is 14.3 Å². The van der Waals surface area contributed by atoms with Crippen molar-refractivity contribution in [1.29, 1.82) is 0 Å². The van der Waals surface area contributed by atoms with E-state index in [-0.39, 0.29) is 11.9 Å². The predicted octanol–water partition coefficient (Wildman–Crippen LogP) is 3.55. The highest BCUT2D eigenvalue weighted by atomic mass is 16.5. The van der Waals surface area contributed by atoms with Crippen molar-refractivity contribution in [3.8, 4) is 5.75 Å².